The van der Waals surface area contributed by atoms with Gasteiger partial charge in [0.25, 0.3) is 0 Å². The van der Waals surface area contributed by atoms with E-state index in [0.717, 1.165) is 6.07 Å². The normalized spacial score (nSPS) is 11.7. The predicted octanol–water partition coefficient (Wildman–Crippen LogP) is 3.03. The first-order valence-corrected chi connectivity index (χ1v) is 6.00. The molecular formula is C13H17F3N2O. The van der Waals surface area contributed by atoms with E-state index in [1.165, 1.54) is 18.2 Å². The van der Waals surface area contributed by atoms with Gasteiger partial charge in [0.15, 0.2) is 0 Å². The van der Waals surface area contributed by atoms with Crippen molar-refractivity contribution < 1.29 is 18.0 Å². The van der Waals surface area contributed by atoms with Gasteiger partial charge in [0.2, 0.25) is 5.91 Å². The van der Waals surface area contributed by atoms with Crippen molar-refractivity contribution in [1.82, 2.24) is 5.32 Å². The lowest BCUT2D eigenvalue weighted by atomic mass is 10.1. The molecular weight excluding hydrogens is 257 g/mol. The zero-order valence-corrected chi connectivity index (χ0v) is 10.8. The molecule has 0 bridgehead atoms. The second-order valence-electron chi connectivity index (χ2n) is 4.45. The number of amides is 1. The summed E-state index contributed by atoms with van der Waals surface area (Å²) in [7, 11) is 0. The van der Waals surface area contributed by atoms with Gasteiger partial charge in [0.1, 0.15) is 0 Å². The maximum Gasteiger partial charge on any atom is 0.418 e. The van der Waals surface area contributed by atoms with E-state index in [1.807, 2.05) is 13.8 Å². The Bertz CT molecular complexity index is 430. The lowest BCUT2D eigenvalue weighted by Crippen LogP contribution is -2.27. The highest BCUT2D eigenvalue weighted by Gasteiger charge is 2.33. The van der Waals surface area contributed by atoms with Crippen LogP contribution in [0.4, 0.5) is 18.9 Å². The van der Waals surface area contributed by atoms with Gasteiger partial charge in [-0.15, -0.1) is 0 Å². The largest absolute Gasteiger partial charge is 0.418 e. The number of alkyl halides is 3. The Morgan fingerprint density at radius 3 is 2.47 bits per heavy atom. The van der Waals surface area contributed by atoms with Crippen molar-refractivity contribution in [3.63, 3.8) is 0 Å². The van der Waals surface area contributed by atoms with E-state index >= 15 is 0 Å². The summed E-state index contributed by atoms with van der Waals surface area (Å²) in [5, 5.41) is 5.32. The van der Waals surface area contributed by atoms with Crippen LogP contribution in [0.5, 0.6) is 0 Å². The van der Waals surface area contributed by atoms with E-state index in [9.17, 15) is 18.0 Å². The number of halogens is 3. The molecule has 0 aliphatic rings. The van der Waals surface area contributed by atoms with Crippen LogP contribution in [0.25, 0.3) is 0 Å². The number of carbonyl (C=O) groups is 1. The van der Waals surface area contributed by atoms with Crippen LogP contribution >= 0.6 is 0 Å². The Morgan fingerprint density at radius 1 is 1.26 bits per heavy atom. The average Bonchev–Trinajstić information content (AvgIpc) is 2.27. The molecule has 1 aromatic rings. The summed E-state index contributed by atoms with van der Waals surface area (Å²) in [5.74, 6) is -0.440. The first kappa shape index (κ1) is 15.5. The Hall–Kier alpha value is -1.56. The van der Waals surface area contributed by atoms with Gasteiger partial charge in [0, 0.05) is 19.0 Å². The van der Waals surface area contributed by atoms with Gasteiger partial charge in [-0.3, -0.25) is 4.79 Å². The number of benzene rings is 1. The number of carbonyl (C=O) groups excluding carboxylic acids is 1. The Morgan fingerprint density at radius 2 is 1.89 bits per heavy atom. The third-order valence-corrected chi connectivity index (χ3v) is 2.41. The van der Waals surface area contributed by atoms with Crippen LogP contribution in [0.2, 0.25) is 0 Å². The highest BCUT2D eigenvalue weighted by Crippen LogP contribution is 2.34. The number of nitrogens with one attached hydrogen (secondary N) is 2. The van der Waals surface area contributed by atoms with Crippen LogP contribution in [0.1, 0.15) is 25.8 Å². The van der Waals surface area contributed by atoms with Crippen LogP contribution < -0.4 is 10.6 Å². The quantitative estimate of drug-likeness (QED) is 0.866. The Balaban J connectivity index is 2.64. The van der Waals surface area contributed by atoms with Crippen molar-refractivity contribution in [1.29, 1.82) is 0 Å². The van der Waals surface area contributed by atoms with Crippen molar-refractivity contribution in [3.8, 4) is 0 Å². The number of anilines is 1. The smallest absolute Gasteiger partial charge is 0.325 e. The summed E-state index contributed by atoms with van der Waals surface area (Å²) >= 11 is 0. The Kier molecular flexibility index (Phi) is 5.35. The fourth-order valence-corrected chi connectivity index (χ4v) is 1.53. The molecule has 0 fully saturated rings. The Labute approximate surface area is 110 Å². The molecule has 0 heterocycles. The second kappa shape index (κ2) is 6.56. The summed E-state index contributed by atoms with van der Waals surface area (Å²) in [4.78, 5) is 11.6. The lowest BCUT2D eigenvalue weighted by molar-refractivity contribution is -0.137. The zero-order chi connectivity index (χ0) is 14.5. The fraction of sp³-hybridized carbons (Fsp3) is 0.462. The fourth-order valence-electron chi connectivity index (χ4n) is 1.53. The van der Waals surface area contributed by atoms with Crippen LogP contribution in [-0.4, -0.2) is 18.5 Å². The SMILES string of the molecule is CC(C)NCCC(=O)Nc1ccccc1C(F)(F)F. The van der Waals surface area contributed by atoms with Crippen LogP contribution in [0, 0.1) is 0 Å². The molecule has 106 valence electrons. The van der Waals surface area contributed by atoms with E-state index in [4.69, 9.17) is 0 Å². The standard InChI is InChI=1S/C13H17F3N2O/c1-9(2)17-8-7-12(19)18-11-6-4-3-5-10(11)13(14,15)16/h3-6,9,17H,7-8H2,1-2H3,(H,18,19). The maximum absolute atomic E-state index is 12.7. The van der Waals surface area contributed by atoms with E-state index in [0.29, 0.717) is 6.54 Å². The number of para-hydroxylation sites is 1. The average molecular weight is 274 g/mol. The molecule has 1 aromatic carbocycles. The predicted molar refractivity (Wildman–Crippen MR) is 67.8 cm³/mol. The molecule has 3 nitrogen and oxygen atoms in total. The topological polar surface area (TPSA) is 41.1 Å². The van der Waals surface area contributed by atoms with E-state index in [2.05, 4.69) is 10.6 Å². The summed E-state index contributed by atoms with van der Waals surface area (Å²) in [6.07, 6.45) is -4.34. The van der Waals surface area contributed by atoms with Gasteiger partial charge in [-0.2, -0.15) is 13.2 Å². The summed E-state index contributed by atoms with van der Waals surface area (Å²) in [5.41, 5.74) is -1.04. The molecule has 2 N–H and O–H groups in total. The maximum atomic E-state index is 12.7. The van der Waals surface area contributed by atoms with E-state index in [1.54, 1.807) is 0 Å². The third kappa shape index (κ3) is 5.30. The van der Waals surface area contributed by atoms with E-state index in [-0.39, 0.29) is 18.2 Å². The van der Waals surface area contributed by atoms with E-state index < -0.39 is 17.6 Å². The highest BCUT2D eigenvalue weighted by molar-refractivity contribution is 5.91. The molecule has 0 aliphatic heterocycles. The minimum atomic E-state index is -4.47. The van der Waals surface area contributed by atoms with Crippen LogP contribution in [0.15, 0.2) is 24.3 Å². The molecule has 0 aromatic heterocycles. The first-order chi connectivity index (χ1) is 8.80. The van der Waals surface area contributed by atoms with Gasteiger partial charge in [0.05, 0.1) is 11.3 Å². The number of rotatable bonds is 5. The number of hydrogen-bond acceptors (Lipinski definition) is 2. The van der Waals surface area contributed by atoms with Crippen molar-refractivity contribution in [2.45, 2.75) is 32.5 Å². The highest BCUT2D eigenvalue weighted by atomic mass is 19.4. The molecule has 0 spiro atoms. The summed E-state index contributed by atoms with van der Waals surface area (Å²) in [6.45, 7) is 4.28. The van der Waals surface area contributed by atoms with Gasteiger partial charge in [-0.05, 0) is 12.1 Å². The van der Waals surface area contributed by atoms with Crippen molar-refractivity contribution >= 4 is 11.6 Å². The molecule has 0 saturated heterocycles. The molecule has 0 radical (unpaired) electrons. The molecule has 19 heavy (non-hydrogen) atoms. The molecule has 1 rings (SSSR count). The van der Waals surface area contributed by atoms with Gasteiger partial charge in [-0.1, -0.05) is 26.0 Å². The summed E-state index contributed by atoms with van der Waals surface area (Å²) < 4.78 is 38.1. The van der Waals surface area contributed by atoms with Gasteiger partial charge >= 0.3 is 6.18 Å². The monoisotopic (exact) mass is 274 g/mol. The number of hydrogen-bond donors (Lipinski definition) is 2. The first-order valence-electron chi connectivity index (χ1n) is 6.00. The minimum Gasteiger partial charge on any atom is -0.325 e. The molecule has 0 saturated carbocycles. The lowest BCUT2D eigenvalue weighted by Gasteiger charge is -2.14. The molecule has 0 atom stereocenters. The van der Waals surface area contributed by atoms with Crippen molar-refractivity contribution in [3.05, 3.63) is 29.8 Å². The molecule has 0 unspecified atom stereocenters. The van der Waals surface area contributed by atoms with Gasteiger partial charge < -0.3 is 10.6 Å². The van der Waals surface area contributed by atoms with Crippen LogP contribution in [-0.2, 0) is 11.0 Å². The van der Waals surface area contributed by atoms with Crippen LogP contribution in [0.3, 0.4) is 0 Å². The third-order valence-electron chi connectivity index (χ3n) is 2.41. The molecule has 6 heteroatoms. The second-order valence-corrected chi connectivity index (χ2v) is 4.45. The van der Waals surface area contributed by atoms with Gasteiger partial charge in [-0.25, -0.2) is 0 Å². The zero-order valence-electron chi connectivity index (χ0n) is 10.8. The van der Waals surface area contributed by atoms with Crippen molar-refractivity contribution in [2.24, 2.45) is 0 Å². The van der Waals surface area contributed by atoms with Crippen molar-refractivity contribution in [2.75, 3.05) is 11.9 Å². The minimum absolute atomic E-state index is 0.129. The summed E-state index contributed by atoms with van der Waals surface area (Å²) in [6, 6.07) is 5.17. The molecule has 1 amide bonds. The molecule has 0 aliphatic carbocycles.